The van der Waals surface area contributed by atoms with Crippen LogP contribution in [0.2, 0.25) is 0 Å². The molecule has 1 heterocycles. The van der Waals surface area contributed by atoms with E-state index in [-0.39, 0.29) is 0 Å². The van der Waals surface area contributed by atoms with E-state index in [1.165, 1.54) is 6.33 Å². The monoisotopic (exact) mass is 179 g/mol. The van der Waals surface area contributed by atoms with Gasteiger partial charge in [0.25, 0.3) is 0 Å². The van der Waals surface area contributed by atoms with E-state index < -0.39 is 0 Å². The number of anilines is 1. The number of rotatable bonds is 3. The zero-order chi connectivity index (χ0) is 9.52. The van der Waals surface area contributed by atoms with Crippen LogP contribution in [0.5, 0.6) is 0 Å². The lowest BCUT2D eigenvalue weighted by molar-refractivity contribution is 0.929. The number of guanidine groups is 1. The van der Waals surface area contributed by atoms with Crippen molar-refractivity contribution < 1.29 is 0 Å². The summed E-state index contributed by atoms with van der Waals surface area (Å²) in [6, 6.07) is 0. The molecule has 0 fully saturated rings. The normalized spacial score (nSPS) is 11.3. The van der Waals surface area contributed by atoms with Crippen molar-refractivity contribution >= 4 is 11.6 Å². The number of nitrogens with one attached hydrogen (secondary N) is 1. The number of hydrogen-bond donors (Lipinski definition) is 2. The van der Waals surface area contributed by atoms with Crippen LogP contribution >= 0.6 is 0 Å². The molecule has 0 aliphatic rings. The summed E-state index contributed by atoms with van der Waals surface area (Å²) in [7, 11) is 0. The summed E-state index contributed by atoms with van der Waals surface area (Å²) in [6.45, 7) is 2.77. The molecule has 5 nitrogen and oxygen atoms in total. The van der Waals surface area contributed by atoms with Crippen molar-refractivity contribution in [2.75, 3.05) is 11.9 Å². The second-order valence-corrected chi connectivity index (χ2v) is 2.52. The van der Waals surface area contributed by atoms with Crippen molar-refractivity contribution in [1.82, 2.24) is 9.97 Å². The minimum absolute atomic E-state index is 0.400. The van der Waals surface area contributed by atoms with E-state index in [1.807, 2.05) is 6.92 Å². The first-order valence-electron chi connectivity index (χ1n) is 4.15. The van der Waals surface area contributed by atoms with Crippen LogP contribution in [0.3, 0.4) is 0 Å². The standard InChI is InChI=1S/C8H13N5/c1-2-3-12-8(9)13-7-4-10-6-11-5-7/h4-6H,2-3H2,1H3,(H3,9,12,13). The largest absolute Gasteiger partial charge is 0.370 e. The number of hydrogen-bond acceptors (Lipinski definition) is 3. The highest BCUT2D eigenvalue weighted by atomic mass is 15.1. The van der Waals surface area contributed by atoms with Gasteiger partial charge in [-0.1, -0.05) is 6.92 Å². The second-order valence-electron chi connectivity index (χ2n) is 2.52. The van der Waals surface area contributed by atoms with Crippen LogP contribution in [0.25, 0.3) is 0 Å². The lowest BCUT2D eigenvalue weighted by atomic mass is 10.5. The van der Waals surface area contributed by atoms with E-state index in [4.69, 9.17) is 5.73 Å². The van der Waals surface area contributed by atoms with Gasteiger partial charge in [0.1, 0.15) is 6.33 Å². The average Bonchev–Trinajstić information content (AvgIpc) is 2.16. The van der Waals surface area contributed by atoms with Crippen molar-refractivity contribution in [1.29, 1.82) is 0 Å². The van der Waals surface area contributed by atoms with Gasteiger partial charge in [0, 0.05) is 6.54 Å². The molecule has 0 saturated heterocycles. The molecule has 5 heteroatoms. The molecule has 1 rings (SSSR count). The topological polar surface area (TPSA) is 76.2 Å². The van der Waals surface area contributed by atoms with Gasteiger partial charge < -0.3 is 11.1 Å². The van der Waals surface area contributed by atoms with Crippen LogP contribution in [-0.4, -0.2) is 22.5 Å². The SMILES string of the molecule is CCCN=C(N)Nc1cncnc1. The summed E-state index contributed by atoms with van der Waals surface area (Å²) < 4.78 is 0. The fraction of sp³-hybridized carbons (Fsp3) is 0.375. The third-order valence-electron chi connectivity index (χ3n) is 1.34. The molecular formula is C8H13N5. The van der Waals surface area contributed by atoms with E-state index in [1.54, 1.807) is 12.4 Å². The molecule has 0 aliphatic heterocycles. The van der Waals surface area contributed by atoms with Gasteiger partial charge in [-0.25, -0.2) is 9.97 Å². The fourth-order valence-electron chi connectivity index (χ4n) is 0.783. The van der Waals surface area contributed by atoms with E-state index in [9.17, 15) is 0 Å². The molecule has 0 aliphatic carbocycles. The van der Waals surface area contributed by atoms with Crippen molar-refractivity contribution in [3.05, 3.63) is 18.7 Å². The molecule has 0 spiro atoms. The van der Waals surface area contributed by atoms with E-state index in [0.29, 0.717) is 5.96 Å². The van der Waals surface area contributed by atoms with Crippen molar-refractivity contribution in [2.24, 2.45) is 10.7 Å². The maximum atomic E-state index is 5.58. The quantitative estimate of drug-likeness (QED) is 0.526. The molecule has 0 aromatic carbocycles. The van der Waals surface area contributed by atoms with Crippen LogP contribution in [0.15, 0.2) is 23.7 Å². The van der Waals surface area contributed by atoms with E-state index in [2.05, 4.69) is 20.3 Å². The predicted molar refractivity (Wildman–Crippen MR) is 52.4 cm³/mol. The molecule has 0 radical (unpaired) electrons. The average molecular weight is 179 g/mol. The molecule has 1 aromatic heterocycles. The first-order chi connectivity index (χ1) is 6.33. The Balaban J connectivity index is 2.50. The molecule has 0 amide bonds. The lowest BCUT2D eigenvalue weighted by Gasteiger charge is -2.02. The first-order valence-corrected chi connectivity index (χ1v) is 4.15. The highest BCUT2D eigenvalue weighted by molar-refractivity contribution is 5.91. The molecule has 0 saturated carbocycles. The molecule has 0 atom stereocenters. The van der Waals surface area contributed by atoms with Crippen LogP contribution in [0, 0.1) is 0 Å². The van der Waals surface area contributed by atoms with Gasteiger partial charge in [-0.05, 0) is 6.42 Å². The van der Waals surface area contributed by atoms with Gasteiger partial charge in [0.2, 0.25) is 0 Å². The summed E-state index contributed by atoms with van der Waals surface area (Å²) in [5.41, 5.74) is 6.32. The smallest absolute Gasteiger partial charge is 0.193 e. The maximum Gasteiger partial charge on any atom is 0.193 e. The van der Waals surface area contributed by atoms with Crippen LogP contribution < -0.4 is 11.1 Å². The van der Waals surface area contributed by atoms with Gasteiger partial charge in [0.15, 0.2) is 5.96 Å². The van der Waals surface area contributed by atoms with Crippen LogP contribution in [0.1, 0.15) is 13.3 Å². The third-order valence-corrected chi connectivity index (χ3v) is 1.34. The molecular weight excluding hydrogens is 166 g/mol. The van der Waals surface area contributed by atoms with Gasteiger partial charge in [0.05, 0.1) is 18.1 Å². The van der Waals surface area contributed by atoms with Gasteiger partial charge >= 0.3 is 0 Å². The van der Waals surface area contributed by atoms with E-state index >= 15 is 0 Å². The molecule has 0 unspecified atom stereocenters. The highest BCUT2D eigenvalue weighted by Crippen LogP contribution is 1.98. The Morgan fingerprint density at radius 2 is 2.23 bits per heavy atom. The minimum atomic E-state index is 0.400. The van der Waals surface area contributed by atoms with Crippen molar-refractivity contribution in [2.45, 2.75) is 13.3 Å². The maximum absolute atomic E-state index is 5.58. The fourth-order valence-corrected chi connectivity index (χ4v) is 0.783. The Bertz CT molecular complexity index is 269. The van der Waals surface area contributed by atoms with E-state index in [0.717, 1.165) is 18.7 Å². The number of aliphatic imine (C=N–C) groups is 1. The highest BCUT2D eigenvalue weighted by Gasteiger charge is 1.92. The Labute approximate surface area is 77.1 Å². The summed E-state index contributed by atoms with van der Waals surface area (Å²) in [5, 5.41) is 2.88. The third kappa shape index (κ3) is 3.50. The van der Waals surface area contributed by atoms with Crippen LogP contribution in [-0.2, 0) is 0 Å². The molecule has 1 aromatic rings. The van der Waals surface area contributed by atoms with Gasteiger partial charge in [-0.3, -0.25) is 4.99 Å². The van der Waals surface area contributed by atoms with Crippen molar-refractivity contribution in [3.63, 3.8) is 0 Å². The van der Waals surface area contributed by atoms with Gasteiger partial charge in [-0.2, -0.15) is 0 Å². The Morgan fingerprint density at radius 3 is 2.85 bits per heavy atom. The van der Waals surface area contributed by atoms with Crippen molar-refractivity contribution in [3.8, 4) is 0 Å². The number of nitrogens with two attached hydrogens (primary N) is 1. The minimum Gasteiger partial charge on any atom is -0.370 e. The molecule has 0 bridgehead atoms. The Morgan fingerprint density at radius 1 is 1.54 bits per heavy atom. The zero-order valence-electron chi connectivity index (χ0n) is 7.57. The Hall–Kier alpha value is -1.65. The second kappa shape index (κ2) is 5.08. The predicted octanol–water partition coefficient (Wildman–Crippen LogP) is 0.613. The molecule has 3 N–H and O–H groups in total. The Kier molecular flexibility index (Phi) is 3.69. The summed E-state index contributed by atoms with van der Waals surface area (Å²) in [5.74, 6) is 0.400. The number of nitrogens with zero attached hydrogens (tertiary/aromatic N) is 3. The lowest BCUT2D eigenvalue weighted by Crippen LogP contribution is -2.22. The molecule has 13 heavy (non-hydrogen) atoms. The van der Waals surface area contributed by atoms with Crippen LogP contribution in [0.4, 0.5) is 5.69 Å². The molecule has 70 valence electrons. The van der Waals surface area contributed by atoms with Gasteiger partial charge in [-0.15, -0.1) is 0 Å². The summed E-state index contributed by atoms with van der Waals surface area (Å²) in [6.07, 6.45) is 5.72. The zero-order valence-corrected chi connectivity index (χ0v) is 7.57. The summed E-state index contributed by atoms with van der Waals surface area (Å²) in [4.78, 5) is 11.7. The summed E-state index contributed by atoms with van der Waals surface area (Å²) >= 11 is 0. The number of aromatic nitrogens is 2. The first kappa shape index (κ1) is 9.44.